The fraction of sp³-hybridized carbons (Fsp3) is 0.538. The molecule has 0 saturated carbocycles. The molecule has 1 atom stereocenters. The first-order valence-corrected chi connectivity index (χ1v) is 5.73. The van der Waals surface area contributed by atoms with E-state index in [9.17, 15) is 13.2 Å². The van der Waals surface area contributed by atoms with Gasteiger partial charge in [-0.25, -0.2) is 0 Å². The highest BCUT2D eigenvalue weighted by Crippen LogP contribution is 2.37. The van der Waals surface area contributed by atoms with Crippen molar-refractivity contribution in [3.05, 3.63) is 35.4 Å². The number of hydrogen-bond acceptors (Lipinski definition) is 1. The van der Waals surface area contributed by atoms with Crippen LogP contribution in [0.3, 0.4) is 0 Å². The molecule has 1 aliphatic rings. The average molecular weight is 280 g/mol. The van der Waals surface area contributed by atoms with Crippen molar-refractivity contribution in [2.24, 2.45) is 0 Å². The van der Waals surface area contributed by atoms with Crippen molar-refractivity contribution in [3.63, 3.8) is 0 Å². The molecule has 1 fully saturated rings. The van der Waals surface area contributed by atoms with Crippen LogP contribution < -0.4 is 5.32 Å². The maximum atomic E-state index is 12.4. The molecule has 0 aliphatic carbocycles. The molecule has 1 N–H and O–H groups in total. The van der Waals surface area contributed by atoms with E-state index in [-0.39, 0.29) is 23.9 Å². The summed E-state index contributed by atoms with van der Waals surface area (Å²) < 4.78 is 37.3. The van der Waals surface area contributed by atoms with Gasteiger partial charge in [-0.05, 0) is 44.5 Å². The molecule has 1 aromatic rings. The third kappa shape index (κ3) is 2.98. The Bertz CT molecular complexity index is 398. The maximum Gasteiger partial charge on any atom is 0.416 e. The third-order valence-electron chi connectivity index (χ3n) is 3.53. The zero-order valence-electron chi connectivity index (χ0n) is 10.3. The summed E-state index contributed by atoms with van der Waals surface area (Å²) in [5.41, 5.74) is 0.359. The quantitative estimate of drug-likeness (QED) is 0.820. The SMILES string of the molecule is CC1(C)NCCC1c1ccc(C(F)(F)F)cc1.Cl. The number of nitrogens with one attached hydrogen (secondary N) is 1. The van der Waals surface area contributed by atoms with Gasteiger partial charge in [0.2, 0.25) is 0 Å². The number of halogens is 4. The number of benzene rings is 1. The molecule has 0 radical (unpaired) electrons. The zero-order valence-corrected chi connectivity index (χ0v) is 11.2. The second-order valence-corrected chi connectivity index (χ2v) is 5.11. The van der Waals surface area contributed by atoms with Crippen molar-refractivity contribution in [3.8, 4) is 0 Å². The molecule has 0 bridgehead atoms. The molecule has 102 valence electrons. The van der Waals surface area contributed by atoms with Crippen LogP contribution in [0.4, 0.5) is 13.2 Å². The van der Waals surface area contributed by atoms with Crippen molar-refractivity contribution in [1.29, 1.82) is 0 Å². The first kappa shape index (κ1) is 15.3. The summed E-state index contributed by atoms with van der Waals surface area (Å²) in [5.74, 6) is 0.282. The Morgan fingerprint density at radius 3 is 2.11 bits per heavy atom. The topological polar surface area (TPSA) is 12.0 Å². The number of hydrogen-bond donors (Lipinski definition) is 1. The molecule has 1 aromatic carbocycles. The number of alkyl halides is 3. The highest BCUT2D eigenvalue weighted by atomic mass is 35.5. The fourth-order valence-corrected chi connectivity index (χ4v) is 2.51. The Morgan fingerprint density at radius 1 is 1.17 bits per heavy atom. The van der Waals surface area contributed by atoms with E-state index in [4.69, 9.17) is 0 Å². The van der Waals surface area contributed by atoms with Crippen LogP contribution in [0.1, 0.15) is 37.3 Å². The van der Waals surface area contributed by atoms with Gasteiger partial charge in [0, 0.05) is 11.5 Å². The molecule has 18 heavy (non-hydrogen) atoms. The molecular weight excluding hydrogens is 263 g/mol. The van der Waals surface area contributed by atoms with E-state index in [0.29, 0.717) is 0 Å². The summed E-state index contributed by atoms with van der Waals surface area (Å²) in [6.07, 6.45) is -3.28. The molecule has 1 saturated heterocycles. The Morgan fingerprint density at radius 2 is 1.72 bits per heavy atom. The summed E-state index contributed by atoms with van der Waals surface area (Å²) in [5, 5.41) is 3.37. The lowest BCUT2D eigenvalue weighted by Crippen LogP contribution is -2.36. The maximum absolute atomic E-state index is 12.4. The van der Waals surface area contributed by atoms with Crippen LogP contribution in [0.25, 0.3) is 0 Å². The Kier molecular flexibility index (Phi) is 4.34. The van der Waals surface area contributed by atoms with Crippen LogP contribution in [-0.2, 0) is 6.18 Å². The van der Waals surface area contributed by atoms with Crippen LogP contribution in [0.5, 0.6) is 0 Å². The minimum absolute atomic E-state index is 0. The first-order valence-electron chi connectivity index (χ1n) is 5.73. The third-order valence-corrected chi connectivity index (χ3v) is 3.53. The zero-order chi connectivity index (χ0) is 12.7. The lowest BCUT2D eigenvalue weighted by molar-refractivity contribution is -0.137. The minimum Gasteiger partial charge on any atom is -0.311 e. The van der Waals surface area contributed by atoms with E-state index >= 15 is 0 Å². The van der Waals surface area contributed by atoms with Crippen LogP contribution >= 0.6 is 12.4 Å². The van der Waals surface area contributed by atoms with Gasteiger partial charge in [-0.2, -0.15) is 13.2 Å². The highest BCUT2D eigenvalue weighted by molar-refractivity contribution is 5.85. The average Bonchev–Trinajstić information content (AvgIpc) is 2.57. The molecule has 5 heteroatoms. The standard InChI is InChI=1S/C13H16F3N.ClH/c1-12(2)11(7-8-17-12)9-3-5-10(6-4-9)13(14,15)16;/h3-6,11,17H,7-8H2,1-2H3;1H. The van der Waals surface area contributed by atoms with Crippen LogP contribution in [0.2, 0.25) is 0 Å². The van der Waals surface area contributed by atoms with E-state index in [2.05, 4.69) is 19.2 Å². The molecule has 1 aliphatic heterocycles. The predicted octanol–water partition coefficient (Wildman–Crippen LogP) is 3.98. The molecule has 1 nitrogen and oxygen atoms in total. The normalized spacial score (nSPS) is 22.6. The summed E-state index contributed by atoms with van der Waals surface area (Å²) >= 11 is 0. The second kappa shape index (κ2) is 5.10. The van der Waals surface area contributed by atoms with E-state index in [1.54, 1.807) is 12.1 Å². The summed E-state index contributed by atoms with van der Waals surface area (Å²) in [4.78, 5) is 0. The van der Waals surface area contributed by atoms with Gasteiger partial charge in [-0.3, -0.25) is 0 Å². The van der Waals surface area contributed by atoms with Gasteiger partial charge in [-0.15, -0.1) is 12.4 Å². The lowest BCUT2D eigenvalue weighted by atomic mass is 9.83. The summed E-state index contributed by atoms with van der Waals surface area (Å²) in [7, 11) is 0. The van der Waals surface area contributed by atoms with Crippen LogP contribution in [-0.4, -0.2) is 12.1 Å². The van der Waals surface area contributed by atoms with Crippen molar-refractivity contribution < 1.29 is 13.2 Å². The van der Waals surface area contributed by atoms with E-state index in [1.165, 1.54) is 12.1 Å². The lowest BCUT2D eigenvalue weighted by Gasteiger charge is -2.27. The van der Waals surface area contributed by atoms with Crippen molar-refractivity contribution in [2.45, 2.75) is 37.9 Å². The molecule has 2 rings (SSSR count). The molecule has 1 heterocycles. The second-order valence-electron chi connectivity index (χ2n) is 5.11. The largest absolute Gasteiger partial charge is 0.416 e. The fourth-order valence-electron chi connectivity index (χ4n) is 2.51. The van der Waals surface area contributed by atoms with Crippen LogP contribution in [0.15, 0.2) is 24.3 Å². The molecule has 1 unspecified atom stereocenters. The van der Waals surface area contributed by atoms with E-state index < -0.39 is 11.7 Å². The Balaban J connectivity index is 0.00000162. The summed E-state index contributed by atoms with van der Waals surface area (Å²) in [6.45, 7) is 5.09. The molecule has 0 amide bonds. The van der Waals surface area contributed by atoms with Gasteiger partial charge >= 0.3 is 6.18 Å². The molecule has 0 aromatic heterocycles. The number of rotatable bonds is 1. The van der Waals surface area contributed by atoms with Gasteiger partial charge < -0.3 is 5.32 Å². The smallest absolute Gasteiger partial charge is 0.311 e. The van der Waals surface area contributed by atoms with Gasteiger partial charge in [-0.1, -0.05) is 12.1 Å². The van der Waals surface area contributed by atoms with Crippen molar-refractivity contribution in [1.82, 2.24) is 5.32 Å². The van der Waals surface area contributed by atoms with Crippen LogP contribution in [0, 0.1) is 0 Å². The van der Waals surface area contributed by atoms with Gasteiger partial charge in [0.05, 0.1) is 5.56 Å². The van der Waals surface area contributed by atoms with Crippen molar-refractivity contribution >= 4 is 12.4 Å². The molecular formula is C13H17ClF3N. The first-order chi connectivity index (χ1) is 7.81. The minimum atomic E-state index is -4.25. The van der Waals surface area contributed by atoms with E-state index in [0.717, 1.165) is 18.5 Å². The Labute approximate surface area is 111 Å². The van der Waals surface area contributed by atoms with E-state index in [1.807, 2.05) is 0 Å². The predicted molar refractivity (Wildman–Crippen MR) is 68.1 cm³/mol. The van der Waals surface area contributed by atoms with Gasteiger partial charge in [0.15, 0.2) is 0 Å². The van der Waals surface area contributed by atoms with Gasteiger partial charge in [0.25, 0.3) is 0 Å². The highest BCUT2D eigenvalue weighted by Gasteiger charge is 2.36. The van der Waals surface area contributed by atoms with Crippen molar-refractivity contribution in [2.75, 3.05) is 6.54 Å². The molecule has 0 spiro atoms. The van der Waals surface area contributed by atoms with Gasteiger partial charge in [0.1, 0.15) is 0 Å². The Hall–Kier alpha value is -0.740. The summed E-state index contributed by atoms with van der Waals surface area (Å²) in [6, 6.07) is 5.54. The monoisotopic (exact) mass is 279 g/mol.